The minimum atomic E-state index is -0.00712. The fourth-order valence-electron chi connectivity index (χ4n) is 2.20. The molecule has 0 radical (unpaired) electrons. The SMILES string of the molecule is C=CCSc1nc2cc3ccccc3cc2c(=O)n1C. The Morgan fingerprint density at radius 3 is 2.70 bits per heavy atom. The normalized spacial score (nSPS) is 11.1. The molecule has 0 aliphatic heterocycles. The van der Waals surface area contributed by atoms with E-state index in [1.807, 2.05) is 36.4 Å². The predicted octanol–water partition coefficient (Wildman–Crippen LogP) is 3.36. The van der Waals surface area contributed by atoms with Gasteiger partial charge in [-0.2, -0.15) is 0 Å². The highest BCUT2D eigenvalue weighted by Gasteiger charge is 2.09. The van der Waals surface area contributed by atoms with E-state index in [9.17, 15) is 4.79 Å². The summed E-state index contributed by atoms with van der Waals surface area (Å²) < 4.78 is 1.60. The Balaban J connectivity index is 2.32. The van der Waals surface area contributed by atoms with Gasteiger partial charge in [-0.25, -0.2) is 4.98 Å². The molecule has 3 rings (SSSR count). The van der Waals surface area contributed by atoms with E-state index in [1.165, 1.54) is 11.8 Å². The van der Waals surface area contributed by atoms with Gasteiger partial charge in [0.1, 0.15) is 0 Å². The van der Waals surface area contributed by atoms with Crippen molar-refractivity contribution >= 4 is 33.4 Å². The van der Waals surface area contributed by atoms with Gasteiger partial charge in [0.15, 0.2) is 5.16 Å². The van der Waals surface area contributed by atoms with Crippen LogP contribution in [0.5, 0.6) is 0 Å². The second kappa shape index (κ2) is 5.13. The van der Waals surface area contributed by atoms with Crippen LogP contribution in [0.4, 0.5) is 0 Å². The van der Waals surface area contributed by atoms with E-state index in [-0.39, 0.29) is 5.56 Å². The number of fused-ring (bicyclic) bond motifs is 2. The average molecular weight is 282 g/mol. The van der Waals surface area contributed by atoms with Crippen LogP contribution >= 0.6 is 11.8 Å². The maximum atomic E-state index is 12.4. The maximum absolute atomic E-state index is 12.4. The Morgan fingerprint density at radius 1 is 1.30 bits per heavy atom. The van der Waals surface area contributed by atoms with Crippen molar-refractivity contribution in [1.82, 2.24) is 9.55 Å². The first kappa shape index (κ1) is 12.9. The highest BCUT2D eigenvalue weighted by Crippen LogP contribution is 2.22. The van der Waals surface area contributed by atoms with Crippen LogP contribution < -0.4 is 5.56 Å². The van der Waals surface area contributed by atoms with E-state index >= 15 is 0 Å². The van der Waals surface area contributed by atoms with E-state index in [1.54, 1.807) is 17.7 Å². The highest BCUT2D eigenvalue weighted by molar-refractivity contribution is 7.99. The first-order chi connectivity index (χ1) is 9.70. The molecule has 0 atom stereocenters. The van der Waals surface area contributed by atoms with Crippen molar-refractivity contribution in [1.29, 1.82) is 0 Å². The van der Waals surface area contributed by atoms with Gasteiger partial charge in [0.2, 0.25) is 0 Å². The molecule has 0 aliphatic carbocycles. The van der Waals surface area contributed by atoms with Crippen LogP contribution in [-0.2, 0) is 7.05 Å². The summed E-state index contributed by atoms with van der Waals surface area (Å²) in [6, 6.07) is 11.9. The number of hydrogen-bond acceptors (Lipinski definition) is 3. The molecule has 2 aromatic carbocycles. The third-order valence-electron chi connectivity index (χ3n) is 3.23. The number of hydrogen-bond donors (Lipinski definition) is 0. The molecule has 0 unspecified atom stereocenters. The Kier molecular flexibility index (Phi) is 3.32. The van der Waals surface area contributed by atoms with Gasteiger partial charge in [-0.3, -0.25) is 9.36 Å². The molecule has 0 aliphatic rings. The zero-order valence-corrected chi connectivity index (χ0v) is 12.0. The van der Waals surface area contributed by atoms with Gasteiger partial charge in [-0.15, -0.1) is 6.58 Å². The molecular formula is C16H14N2OS. The van der Waals surface area contributed by atoms with E-state index < -0.39 is 0 Å². The van der Waals surface area contributed by atoms with Crippen LogP contribution in [-0.4, -0.2) is 15.3 Å². The summed E-state index contributed by atoms with van der Waals surface area (Å²) in [5.74, 6) is 0.735. The van der Waals surface area contributed by atoms with E-state index in [2.05, 4.69) is 11.6 Å². The summed E-state index contributed by atoms with van der Waals surface area (Å²) in [5.41, 5.74) is 0.741. The zero-order valence-electron chi connectivity index (χ0n) is 11.2. The van der Waals surface area contributed by atoms with E-state index in [0.717, 1.165) is 27.2 Å². The molecule has 0 saturated heterocycles. The van der Waals surface area contributed by atoms with Crippen LogP contribution in [0.1, 0.15) is 0 Å². The summed E-state index contributed by atoms with van der Waals surface area (Å²) in [6.45, 7) is 3.70. The van der Waals surface area contributed by atoms with Crippen molar-refractivity contribution < 1.29 is 0 Å². The highest BCUT2D eigenvalue weighted by atomic mass is 32.2. The first-order valence-electron chi connectivity index (χ1n) is 6.34. The fourth-order valence-corrected chi connectivity index (χ4v) is 2.91. The minimum Gasteiger partial charge on any atom is -0.290 e. The third kappa shape index (κ3) is 2.12. The van der Waals surface area contributed by atoms with Gasteiger partial charge in [0, 0.05) is 12.8 Å². The molecule has 0 spiro atoms. The second-order valence-corrected chi connectivity index (χ2v) is 5.56. The van der Waals surface area contributed by atoms with E-state index in [4.69, 9.17) is 0 Å². The van der Waals surface area contributed by atoms with Crippen LogP contribution in [0, 0.1) is 0 Å². The van der Waals surface area contributed by atoms with Crippen LogP contribution in [0.25, 0.3) is 21.7 Å². The number of thioether (sulfide) groups is 1. The lowest BCUT2D eigenvalue weighted by molar-refractivity contribution is 0.727. The number of benzene rings is 2. The molecule has 0 amide bonds. The van der Waals surface area contributed by atoms with Crippen LogP contribution in [0.2, 0.25) is 0 Å². The summed E-state index contributed by atoms with van der Waals surface area (Å²) in [4.78, 5) is 17.0. The molecule has 4 heteroatoms. The lowest BCUT2D eigenvalue weighted by atomic mass is 10.1. The summed E-state index contributed by atoms with van der Waals surface area (Å²) in [6.07, 6.45) is 1.81. The zero-order chi connectivity index (χ0) is 14.1. The smallest absolute Gasteiger partial charge is 0.261 e. The largest absolute Gasteiger partial charge is 0.290 e. The van der Waals surface area contributed by atoms with Crippen molar-refractivity contribution in [2.45, 2.75) is 5.16 Å². The van der Waals surface area contributed by atoms with Crippen LogP contribution in [0.3, 0.4) is 0 Å². The summed E-state index contributed by atoms with van der Waals surface area (Å²) in [7, 11) is 1.76. The van der Waals surface area contributed by atoms with Crippen LogP contribution in [0.15, 0.2) is 59.0 Å². The quantitative estimate of drug-likeness (QED) is 0.320. The van der Waals surface area contributed by atoms with Crippen molar-refractivity contribution in [3.05, 3.63) is 59.4 Å². The number of aromatic nitrogens is 2. The topological polar surface area (TPSA) is 34.9 Å². The monoisotopic (exact) mass is 282 g/mol. The minimum absolute atomic E-state index is 0.00712. The summed E-state index contributed by atoms with van der Waals surface area (Å²) >= 11 is 1.52. The molecular weight excluding hydrogens is 268 g/mol. The molecule has 20 heavy (non-hydrogen) atoms. The van der Waals surface area contributed by atoms with Gasteiger partial charge in [-0.1, -0.05) is 42.1 Å². The molecule has 1 aromatic heterocycles. The maximum Gasteiger partial charge on any atom is 0.261 e. The lowest BCUT2D eigenvalue weighted by Gasteiger charge is -2.08. The predicted molar refractivity (Wildman–Crippen MR) is 85.4 cm³/mol. The second-order valence-electron chi connectivity index (χ2n) is 4.57. The Labute approximate surface area is 120 Å². The molecule has 1 heterocycles. The van der Waals surface area contributed by atoms with Crippen molar-refractivity contribution in [3.63, 3.8) is 0 Å². The van der Waals surface area contributed by atoms with Crippen molar-refractivity contribution in [3.8, 4) is 0 Å². The summed E-state index contributed by atoms with van der Waals surface area (Å²) in [5, 5.41) is 3.54. The average Bonchev–Trinajstić information content (AvgIpc) is 2.48. The lowest BCUT2D eigenvalue weighted by Crippen LogP contribution is -2.20. The molecule has 0 fully saturated rings. The molecule has 3 nitrogen and oxygen atoms in total. The Bertz CT molecular complexity index is 867. The molecule has 3 aromatic rings. The van der Waals surface area contributed by atoms with Gasteiger partial charge >= 0.3 is 0 Å². The number of rotatable bonds is 3. The van der Waals surface area contributed by atoms with Gasteiger partial charge < -0.3 is 0 Å². The van der Waals surface area contributed by atoms with Gasteiger partial charge in [0.05, 0.1) is 10.9 Å². The Hall–Kier alpha value is -2.07. The molecule has 0 saturated carbocycles. The van der Waals surface area contributed by atoms with Crippen molar-refractivity contribution in [2.24, 2.45) is 7.05 Å². The van der Waals surface area contributed by atoms with Gasteiger partial charge in [0.25, 0.3) is 5.56 Å². The van der Waals surface area contributed by atoms with E-state index in [0.29, 0.717) is 5.39 Å². The molecule has 0 bridgehead atoms. The number of nitrogens with zero attached hydrogens (tertiary/aromatic N) is 2. The first-order valence-corrected chi connectivity index (χ1v) is 7.32. The fraction of sp³-hybridized carbons (Fsp3) is 0.125. The third-order valence-corrected chi connectivity index (χ3v) is 4.26. The van der Waals surface area contributed by atoms with Gasteiger partial charge in [-0.05, 0) is 22.9 Å². The standard InChI is InChI=1S/C16H14N2OS/c1-3-8-20-16-17-14-10-12-7-5-4-6-11(12)9-13(14)15(19)18(16)2/h3-7,9-10H,1,8H2,2H3. The van der Waals surface area contributed by atoms with Crippen molar-refractivity contribution in [2.75, 3.05) is 5.75 Å². The Morgan fingerprint density at radius 2 is 2.00 bits per heavy atom. The molecule has 100 valence electrons. The molecule has 0 N–H and O–H groups in total.